The number of thiazole rings is 2. The molecule has 16 heavy (non-hydrogen) atoms. The molecule has 0 amide bonds. The smallest absolute Gasteiger partial charge is 0.142 e. The normalized spacial score (nSPS) is 10.5. The highest BCUT2D eigenvalue weighted by Gasteiger charge is 2.07. The highest BCUT2D eigenvalue weighted by atomic mass is 32.1. The predicted molar refractivity (Wildman–Crippen MR) is 68.7 cm³/mol. The van der Waals surface area contributed by atoms with Gasteiger partial charge < -0.3 is 0 Å². The Morgan fingerprint density at radius 2 is 1.81 bits per heavy atom. The van der Waals surface area contributed by atoms with E-state index in [0.29, 0.717) is 0 Å². The summed E-state index contributed by atoms with van der Waals surface area (Å²) in [6, 6.07) is 10.2. The monoisotopic (exact) mass is 244 g/mol. The van der Waals surface area contributed by atoms with Crippen molar-refractivity contribution in [1.82, 2.24) is 9.97 Å². The van der Waals surface area contributed by atoms with Gasteiger partial charge in [-0.05, 0) is 0 Å². The molecule has 0 saturated carbocycles. The van der Waals surface area contributed by atoms with Crippen LogP contribution >= 0.6 is 22.7 Å². The molecule has 3 rings (SSSR count). The van der Waals surface area contributed by atoms with E-state index in [1.165, 1.54) is 0 Å². The first-order valence-electron chi connectivity index (χ1n) is 4.84. The number of aromatic nitrogens is 2. The molecule has 2 aromatic heterocycles. The Morgan fingerprint density at radius 3 is 2.56 bits per heavy atom. The molecule has 0 spiro atoms. The molecule has 0 N–H and O–H groups in total. The van der Waals surface area contributed by atoms with E-state index in [0.717, 1.165) is 21.3 Å². The minimum atomic E-state index is 0.971. The average molecular weight is 244 g/mol. The van der Waals surface area contributed by atoms with Crippen LogP contribution in [0.4, 0.5) is 0 Å². The molecule has 0 radical (unpaired) electrons. The van der Waals surface area contributed by atoms with E-state index in [1.807, 2.05) is 29.8 Å². The lowest BCUT2D eigenvalue weighted by molar-refractivity contribution is 1.34. The maximum absolute atomic E-state index is 4.59. The molecular weight excluding hydrogens is 236 g/mol. The molecule has 0 bridgehead atoms. The van der Waals surface area contributed by atoms with E-state index in [1.54, 1.807) is 22.7 Å². The van der Waals surface area contributed by atoms with Crippen LogP contribution < -0.4 is 0 Å². The molecular formula is C12H8N2S2. The standard InChI is InChI=1S/C12H8N2S2/c1-2-4-9(5-3-1)11-14-10(8-16-11)12-13-6-7-15-12/h1-8H. The Bertz CT molecular complexity index is 570. The van der Waals surface area contributed by atoms with Crippen molar-refractivity contribution in [1.29, 1.82) is 0 Å². The van der Waals surface area contributed by atoms with Crippen LogP contribution in [0.15, 0.2) is 47.3 Å². The lowest BCUT2D eigenvalue weighted by Gasteiger charge is -1.93. The van der Waals surface area contributed by atoms with Crippen LogP contribution in [0.25, 0.3) is 21.3 Å². The average Bonchev–Trinajstić information content (AvgIpc) is 3.01. The van der Waals surface area contributed by atoms with Gasteiger partial charge in [-0.15, -0.1) is 22.7 Å². The van der Waals surface area contributed by atoms with Crippen LogP contribution in [-0.2, 0) is 0 Å². The first kappa shape index (κ1) is 9.69. The summed E-state index contributed by atoms with van der Waals surface area (Å²) in [5.41, 5.74) is 2.13. The van der Waals surface area contributed by atoms with Gasteiger partial charge in [-0.1, -0.05) is 30.3 Å². The fourth-order valence-electron chi connectivity index (χ4n) is 1.44. The lowest BCUT2D eigenvalue weighted by Crippen LogP contribution is -1.77. The van der Waals surface area contributed by atoms with Crippen molar-refractivity contribution in [3.05, 3.63) is 47.3 Å². The van der Waals surface area contributed by atoms with Gasteiger partial charge >= 0.3 is 0 Å². The molecule has 78 valence electrons. The lowest BCUT2D eigenvalue weighted by atomic mass is 10.2. The minimum absolute atomic E-state index is 0.971. The van der Waals surface area contributed by atoms with Gasteiger partial charge in [0.05, 0.1) is 0 Å². The molecule has 0 fully saturated rings. The van der Waals surface area contributed by atoms with Crippen molar-refractivity contribution >= 4 is 22.7 Å². The van der Waals surface area contributed by atoms with Gasteiger partial charge in [0, 0.05) is 22.5 Å². The summed E-state index contributed by atoms with van der Waals surface area (Å²) in [5.74, 6) is 0. The van der Waals surface area contributed by atoms with Gasteiger partial charge in [0.25, 0.3) is 0 Å². The van der Waals surface area contributed by atoms with Gasteiger partial charge in [-0.3, -0.25) is 0 Å². The molecule has 3 aromatic rings. The SMILES string of the molecule is c1ccc(-c2nc(-c3nccs3)cs2)cc1. The third-order valence-corrected chi connectivity index (χ3v) is 3.86. The zero-order valence-electron chi connectivity index (χ0n) is 8.33. The summed E-state index contributed by atoms with van der Waals surface area (Å²) >= 11 is 3.27. The van der Waals surface area contributed by atoms with Crippen LogP contribution in [0.3, 0.4) is 0 Å². The van der Waals surface area contributed by atoms with Crippen molar-refractivity contribution in [2.45, 2.75) is 0 Å². The summed E-state index contributed by atoms with van der Waals surface area (Å²) in [6.45, 7) is 0. The molecule has 0 saturated heterocycles. The van der Waals surface area contributed by atoms with Crippen LogP contribution in [-0.4, -0.2) is 9.97 Å². The van der Waals surface area contributed by atoms with E-state index in [9.17, 15) is 0 Å². The summed E-state index contributed by atoms with van der Waals surface area (Å²) in [5, 5.41) is 6.06. The van der Waals surface area contributed by atoms with Crippen molar-refractivity contribution in [3.63, 3.8) is 0 Å². The van der Waals surface area contributed by atoms with E-state index < -0.39 is 0 Å². The Morgan fingerprint density at radius 1 is 0.938 bits per heavy atom. The van der Waals surface area contributed by atoms with Crippen LogP contribution in [0.1, 0.15) is 0 Å². The first-order chi connectivity index (χ1) is 7.93. The van der Waals surface area contributed by atoms with Gasteiger partial charge in [0.2, 0.25) is 0 Å². The Labute approximate surface area is 101 Å². The van der Waals surface area contributed by atoms with Crippen LogP contribution in [0.5, 0.6) is 0 Å². The molecule has 0 unspecified atom stereocenters. The maximum Gasteiger partial charge on any atom is 0.142 e. The number of hydrogen-bond donors (Lipinski definition) is 0. The zero-order chi connectivity index (χ0) is 10.8. The molecule has 2 heterocycles. The fraction of sp³-hybridized carbons (Fsp3) is 0. The summed E-state index contributed by atoms with van der Waals surface area (Å²) in [6.07, 6.45) is 1.81. The van der Waals surface area contributed by atoms with Crippen molar-refractivity contribution < 1.29 is 0 Å². The summed E-state index contributed by atoms with van der Waals surface area (Å²) < 4.78 is 0. The molecule has 0 aliphatic rings. The van der Waals surface area contributed by atoms with Crippen molar-refractivity contribution in [2.75, 3.05) is 0 Å². The van der Waals surface area contributed by atoms with Crippen LogP contribution in [0, 0.1) is 0 Å². The van der Waals surface area contributed by atoms with Crippen molar-refractivity contribution in [2.24, 2.45) is 0 Å². The van der Waals surface area contributed by atoms with E-state index >= 15 is 0 Å². The molecule has 0 atom stereocenters. The van der Waals surface area contributed by atoms with Crippen molar-refractivity contribution in [3.8, 4) is 21.3 Å². The third-order valence-electron chi connectivity index (χ3n) is 2.18. The second kappa shape index (κ2) is 4.15. The van der Waals surface area contributed by atoms with Gasteiger partial charge in [0.15, 0.2) is 0 Å². The number of rotatable bonds is 2. The number of benzene rings is 1. The molecule has 2 nitrogen and oxygen atoms in total. The number of hydrogen-bond acceptors (Lipinski definition) is 4. The van der Waals surface area contributed by atoms with Crippen LogP contribution in [0.2, 0.25) is 0 Å². The van der Waals surface area contributed by atoms with Gasteiger partial charge in [-0.25, -0.2) is 9.97 Å². The topological polar surface area (TPSA) is 25.8 Å². The predicted octanol–water partition coefficient (Wildman–Crippen LogP) is 3.93. The minimum Gasteiger partial charge on any atom is -0.243 e. The van der Waals surface area contributed by atoms with E-state index in [-0.39, 0.29) is 0 Å². The Balaban J connectivity index is 2.00. The second-order valence-electron chi connectivity index (χ2n) is 3.24. The first-order valence-corrected chi connectivity index (χ1v) is 6.60. The number of nitrogens with zero attached hydrogens (tertiary/aromatic N) is 2. The van der Waals surface area contributed by atoms with E-state index in [2.05, 4.69) is 27.5 Å². The molecule has 0 aliphatic carbocycles. The highest BCUT2D eigenvalue weighted by molar-refractivity contribution is 7.15. The fourth-order valence-corrected chi connectivity index (χ4v) is 2.92. The maximum atomic E-state index is 4.59. The quantitative estimate of drug-likeness (QED) is 0.682. The molecule has 1 aromatic carbocycles. The van der Waals surface area contributed by atoms with E-state index in [4.69, 9.17) is 0 Å². The Hall–Kier alpha value is -1.52. The highest BCUT2D eigenvalue weighted by Crippen LogP contribution is 2.29. The molecule has 0 aliphatic heterocycles. The zero-order valence-corrected chi connectivity index (χ0v) is 9.96. The largest absolute Gasteiger partial charge is 0.243 e. The second-order valence-corrected chi connectivity index (χ2v) is 4.99. The molecule has 4 heteroatoms. The Kier molecular flexibility index (Phi) is 2.52. The van der Waals surface area contributed by atoms with Gasteiger partial charge in [-0.2, -0.15) is 0 Å². The third kappa shape index (κ3) is 1.77. The summed E-state index contributed by atoms with van der Waals surface area (Å²) in [4.78, 5) is 8.85. The van der Waals surface area contributed by atoms with Gasteiger partial charge in [0.1, 0.15) is 15.7 Å². The summed E-state index contributed by atoms with van der Waals surface area (Å²) in [7, 11) is 0.